The number of carbonyl (C=O) groups is 1. The summed E-state index contributed by atoms with van der Waals surface area (Å²) in [6, 6.07) is 0. The summed E-state index contributed by atoms with van der Waals surface area (Å²) >= 11 is 0. The van der Waals surface area contributed by atoms with Crippen LogP contribution < -0.4 is 5.32 Å². The van der Waals surface area contributed by atoms with Gasteiger partial charge in [0.05, 0.1) is 11.3 Å². The molecule has 0 radical (unpaired) electrons. The molecule has 2 N–H and O–H groups in total. The van der Waals surface area contributed by atoms with Crippen molar-refractivity contribution in [3.63, 3.8) is 0 Å². The normalized spacial score (nSPS) is 11.8. The Balaban J connectivity index is 2.13. The van der Waals surface area contributed by atoms with Crippen LogP contribution in [0.25, 0.3) is 5.78 Å². The molecule has 108 valence electrons. The number of aliphatic hydroxyl groups is 1. The van der Waals surface area contributed by atoms with Gasteiger partial charge >= 0.3 is 0 Å². The SMILES string of the molecule is Cc1c(C(=O)NCC(C)(C)CCO)cnc2ncnn12. The Morgan fingerprint density at radius 1 is 1.45 bits per heavy atom. The maximum Gasteiger partial charge on any atom is 0.254 e. The highest BCUT2D eigenvalue weighted by Crippen LogP contribution is 2.18. The predicted molar refractivity (Wildman–Crippen MR) is 73.3 cm³/mol. The Morgan fingerprint density at radius 2 is 2.20 bits per heavy atom. The molecule has 0 saturated carbocycles. The van der Waals surface area contributed by atoms with Crippen molar-refractivity contribution >= 4 is 11.7 Å². The Bertz CT molecular complexity index is 620. The maximum atomic E-state index is 12.2. The van der Waals surface area contributed by atoms with Crippen LogP contribution in [0.5, 0.6) is 0 Å². The second kappa shape index (κ2) is 5.54. The van der Waals surface area contributed by atoms with Gasteiger partial charge < -0.3 is 10.4 Å². The zero-order valence-electron chi connectivity index (χ0n) is 11.9. The molecule has 0 aliphatic rings. The summed E-state index contributed by atoms with van der Waals surface area (Å²) in [5, 5.41) is 15.9. The van der Waals surface area contributed by atoms with E-state index in [0.29, 0.717) is 30.0 Å². The molecule has 2 rings (SSSR count). The summed E-state index contributed by atoms with van der Waals surface area (Å²) in [6.07, 6.45) is 3.54. The zero-order valence-corrected chi connectivity index (χ0v) is 11.9. The minimum atomic E-state index is -0.196. The van der Waals surface area contributed by atoms with Crippen LogP contribution in [-0.4, -0.2) is 43.7 Å². The molecule has 7 nitrogen and oxygen atoms in total. The third-order valence-corrected chi connectivity index (χ3v) is 3.31. The number of carbonyl (C=O) groups excluding carboxylic acids is 1. The van der Waals surface area contributed by atoms with Crippen LogP contribution in [0.4, 0.5) is 0 Å². The quantitative estimate of drug-likeness (QED) is 0.833. The van der Waals surface area contributed by atoms with E-state index in [9.17, 15) is 4.79 Å². The molecule has 0 spiro atoms. The number of nitrogens with one attached hydrogen (secondary N) is 1. The number of hydrogen-bond donors (Lipinski definition) is 2. The van der Waals surface area contributed by atoms with Crippen molar-refractivity contribution in [2.45, 2.75) is 27.2 Å². The van der Waals surface area contributed by atoms with Crippen molar-refractivity contribution in [1.29, 1.82) is 0 Å². The maximum absolute atomic E-state index is 12.2. The minimum Gasteiger partial charge on any atom is -0.396 e. The van der Waals surface area contributed by atoms with E-state index >= 15 is 0 Å². The molecule has 0 unspecified atom stereocenters. The number of nitrogens with zero attached hydrogens (tertiary/aromatic N) is 4. The molecule has 20 heavy (non-hydrogen) atoms. The first-order valence-corrected chi connectivity index (χ1v) is 6.49. The van der Waals surface area contributed by atoms with Crippen LogP contribution in [0.3, 0.4) is 0 Å². The Kier molecular flexibility index (Phi) is 3.99. The van der Waals surface area contributed by atoms with Crippen molar-refractivity contribution in [2.75, 3.05) is 13.2 Å². The van der Waals surface area contributed by atoms with E-state index in [4.69, 9.17) is 5.11 Å². The van der Waals surface area contributed by atoms with E-state index in [1.165, 1.54) is 17.0 Å². The molecule has 0 bridgehead atoms. The van der Waals surface area contributed by atoms with Gasteiger partial charge in [-0.25, -0.2) is 9.50 Å². The van der Waals surface area contributed by atoms with E-state index in [1.807, 2.05) is 13.8 Å². The van der Waals surface area contributed by atoms with Gasteiger partial charge in [-0.1, -0.05) is 13.8 Å². The third-order valence-electron chi connectivity index (χ3n) is 3.31. The fourth-order valence-electron chi connectivity index (χ4n) is 1.92. The standard InChI is InChI=1S/C13H19N5O2/c1-9-10(6-14-12-16-8-17-18(9)12)11(20)15-7-13(2,3)4-5-19/h6,8,19H,4-5,7H2,1-3H3,(H,15,20). The number of aryl methyl sites for hydroxylation is 1. The summed E-state index contributed by atoms with van der Waals surface area (Å²) in [5.41, 5.74) is 1.02. The molecule has 7 heteroatoms. The fourth-order valence-corrected chi connectivity index (χ4v) is 1.92. The highest BCUT2D eigenvalue weighted by Gasteiger charge is 2.20. The lowest BCUT2D eigenvalue weighted by Crippen LogP contribution is -2.35. The molecule has 0 fully saturated rings. The molecule has 1 amide bonds. The van der Waals surface area contributed by atoms with Crippen molar-refractivity contribution in [3.05, 3.63) is 23.8 Å². The number of fused-ring (bicyclic) bond motifs is 1. The van der Waals surface area contributed by atoms with Gasteiger partial charge in [0.25, 0.3) is 11.7 Å². The lowest BCUT2D eigenvalue weighted by Gasteiger charge is -2.23. The lowest BCUT2D eigenvalue weighted by atomic mass is 9.89. The Morgan fingerprint density at radius 3 is 2.90 bits per heavy atom. The van der Waals surface area contributed by atoms with Crippen LogP contribution in [0.2, 0.25) is 0 Å². The van der Waals surface area contributed by atoms with Crippen LogP contribution >= 0.6 is 0 Å². The van der Waals surface area contributed by atoms with E-state index in [2.05, 4.69) is 20.4 Å². The van der Waals surface area contributed by atoms with E-state index in [1.54, 1.807) is 6.92 Å². The van der Waals surface area contributed by atoms with E-state index < -0.39 is 0 Å². The molecule has 0 atom stereocenters. The first kappa shape index (κ1) is 14.4. The molecule has 0 aliphatic carbocycles. The van der Waals surface area contributed by atoms with Crippen LogP contribution in [-0.2, 0) is 0 Å². The molecular weight excluding hydrogens is 258 g/mol. The first-order chi connectivity index (χ1) is 9.44. The topological polar surface area (TPSA) is 92.4 Å². The summed E-state index contributed by atoms with van der Waals surface area (Å²) in [7, 11) is 0. The molecule has 0 aromatic carbocycles. The number of hydrogen-bond acceptors (Lipinski definition) is 5. The second-order valence-electron chi connectivity index (χ2n) is 5.55. The van der Waals surface area contributed by atoms with Crippen LogP contribution in [0, 0.1) is 12.3 Å². The summed E-state index contributed by atoms with van der Waals surface area (Å²) < 4.78 is 1.54. The molecule has 0 saturated heterocycles. The van der Waals surface area contributed by atoms with Gasteiger partial charge in [0.2, 0.25) is 0 Å². The molecule has 2 heterocycles. The third kappa shape index (κ3) is 2.93. The van der Waals surface area contributed by atoms with E-state index in [-0.39, 0.29) is 17.9 Å². The van der Waals surface area contributed by atoms with Crippen molar-refractivity contribution in [1.82, 2.24) is 24.9 Å². The first-order valence-electron chi connectivity index (χ1n) is 6.49. The monoisotopic (exact) mass is 277 g/mol. The van der Waals surface area contributed by atoms with Gasteiger partial charge in [-0.3, -0.25) is 4.79 Å². The smallest absolute Gasteiger partial charge is 0.254 e. The predicted octanol–water partition coefficient (Wildman–Crippen LogP) is 0.571. The van der Waals surface area contributed by atoms with Gasteiger partial charge in [-0.2, -0.15) is 10.1 Å². The molecule has 0 aliphatic heterocycles. The van der Waals surface area contributed by atoms with Gasteiger partial charge in [0.15, 0.2) is 0 Å². The van der Waals surface area contributed by atoms with E-state index in [0.717, 1.165) is 0 Å². The highest BCUT2D eigenvalue weighted by atomic mass is 16.3. The molecule has 2 aromatic rings. The minimum absolute atomic E-state index is 0.106. The lowest BCUT2D eigenvalue weighted by molar-refractivity contribution is 0.0926. The van der Waals surface area contributed by atoms with Gasteiger partial charge in [-0.15, -0.1) is 0 Å². The van der Waals surface area contributed by atoms with Crippen molar-refractivity contribution < 1.29 is 9.90 Å². The second-order valence-corrected chi connectivity index (χ2v) is 5.55. The summed E-state index contributed by atoms with van der Waals surface area (Å²) in [4.78, 5) is 20.3. The summed E-state index contributed by atoms with van der Waals surface area (Å²) in [5.74, 6) is 0.276. The number of aliphatic hydroxyl groups excluding tert-OH is 1. The van der Waals surface area contributed by atoms with Crippen LogP contribution in [0.15, 0.2) is 12.5 Å². The van der Waals surface area contributed by atoms with Gasteiger partial charge in [0, 0.05) is 19.3 Å². The highest BCUT2D eigenvalue weighted by molar-refractivity contribution is 5.95. The molecular formula is C13H19N5O2. The van der Waals surface area contributed by atoms with Crippen molar-refractivity contribution in [3.8, 4) is 0 Å². The van der Waals surface area contributed by atoms with Crippen molar-refractivity contribution in [2.24, 2.45) is 5.41 Å². The Labute approximate surface area is 117 Å². The molecule has 2 aromatic heterocycles. The number of aromatic nitrogens is 4. The average Bonchev–Trinajstić information content (AvgIpc) is 2.86. The largest absolute Gasteiger partial charge is 0.396 e. The zero-order chi connectivity index (χ0) is 14.8. The fraction of sp³-hybridized carbons (Fsp3) is 0.538. The van der Waals surface area contributed by atoms with Gasteiger partial charge in [-0.05, 0) is 18.8 Å². The van der Waals surface area contributed by atoms with Crippen LogP contribution in [0.1, 0.15) is 36.3 Å². The number of rotatable bonds is 5. The van der Waals surface area contributed by atoms with Gasteiger partial charge in [0.1, 0.15) is 6.33 Å². The summed E-state index contributed by atoms with van der Waals surface area (Å²) in [6.45, 7) is 6.39. The average molecular weight is 277 g/mol. The number of amides is 1. The Hall–Kier alpha value is -2.02.